The van der Waals surface area contributed by atoms with Gasteiger partial charge in [-0.3, -0.25) is 14.4 Å². The fourth-order valence-corrected chi connectivity index (χ4v) is 7.03. The fourth-order valence-electron chi connectivity index (χ4n) is 7.03. The maximum atomic E-state index is 17.0. The van der Waals surface area contributed by atoms with Gasteiger partial charge in [0.1, 0.15) is 18.0 Å². The number of ketones is 2. The Kier molecular flexibility index (Phi) is 4.74. The highest BCUT2D eigenvalue weighted by Crippen LogP contribution is 2.70. The number of halogens is 1. The Balaban J connectivity index is 1.81. The van der Waals surface area contributed by atoms with E-state index >= 15 is 4.39 Å². The zero-order chi connectivity index (χ0) is 23.0. The quantitative estimate of drug-likeness (QED) is 0.437. The van der Waals surface area contributed by atoms with Crippen molar-refractivity contribution >= 4 is 11.6 Å². The number of aliphatic hydroxyl groups is 3. The number of allylic oxidation sites excluding steroid dienone is 3. The average Bonchev–Trinajstić information content (AvgIpc) is 2.90. The molecule has 0 unspecified atom stereocenters. The van der Waals surface area contributed by atoms with Gasteiger partial charge in [-0.25, -0.2) is 4.39 Å². The molecule has 31 heavy (non-hydrogen) atoms. The van der Waals surface area contributed by atoms with E-state index in [1.807, 2.05) is 0 Å². The zero-order valence-corrected chi connectivity index (χ0v) is 17.3. The van der Waals surface area contributed by atoms with Crippen molar-refractivity contribution in [1.29, 1.82) is 0 Å². The van der Waals surface area contributed by atoms with Gasteiger partial charge in [-0.1, -0.05) is 12.5 Å². The van der Waals surface area contributed by atoms with Gasteiger partial charge in [-0.2, -0.15) is 0 Å². The van der Waals surface area contributed by atoms with Crippen LogP contribution in [0.4, 0.5) is 4.39 Å². The molecular weight excluding hydrogens is 413 g/mol. The molecule has 0 saturated heterocycles. The van der Waals surface area contributed by atoms with Crippen LogP contribution >= 0.6 is 0 Å². The van der Waals surface area contributed by atoms with E-state index < -0.39 is 63.3 Å². The van der Waals surface area contributed by atoms with Crippen molar-refractivity contribution in [2.45, 2.75) is 63.3 Å². The first-order chi connectivity index (χ1) is 14.4. The summed E-state index contributed by atoms with van der Waals surface area (Å²) in [5.41, 5.74) is -6.59. The standard InChI is InChI=1S/C21H26FNO8/c1-18-5-6-20(22)13(14(18)9-15(26)21(18,28)16(27)10-24)4-3-11-7-12(25)8-17(19(11,20)2)31-23(29)30/h7-8,13-15,24,26,28H,3-6,9-10H2,1-2H3/t13-,14-,15+,18-,19+,20+,21-/m0/s1. The van der Waals surface area contributed by atoms with Crippen molar-refractivity contribution in [2.24, 2.45) is 22.7 Å². The van der Waals surface area contributed by atoms with Crippen LogP contribution in [0.1, 0.15) is 46.0 Å². The third kappa shape index (κ3) is 2.52. The molecule has 0 spiro atoms. The van der Waals surface area contributed by atoms with Crippen molar-refractivity contribution in [3.05, 3.63) is 33.6 Å². The molecule has 0 aromatic rings. The molecular formula is C21H26FNO8. The third-order valence-electron chi connectivity index (χ3n) is 8.75. The first kappa shape index (κ1) is 22.0. The van der Waals surface area contributed by atoms with E-state index in [2.05, 4.69) is 0 Å². The number of hydrogen-bond acceptors (Lipinski definition) is 8. The van der Waals surface area contributed by atoms with Crippen LogP contribution in [0, 0.1) is 32.8 Å². The Bertz CT molecular complexity index is 932. The molecule has 10 heteroatoms. The number of fused-ring (bicyclic) bond motifs is 5. The molecule has 0 bridgehead atoms. The molecule has 3 saturated carbocycles. The minimum Gasteiger partial charge on any atom is -0.390 e. The van der Waals surface area contributed by atoms with E-state index in [-0.39, 0.29) is 37.9 Å². The lowest BCUT2D eigenvalue weighted by Crippen LogP contribution is -2.65. The summed E-state index contributed by atoms with van der Waals surface area (Å²) in [5.74, 6) is -3.15. The second kappa shape index (κ2) is 6.66. The van der Waals surface area contributed by atoms with E-state index in [4.69, 9.17) is 4.84 Å². The number of aliphatic hydroxyl groups excluding tert-OH is 2. The molecule has 0 heterocycles. The van der Waals surface area contributed by atoms with E-state index in [0.29, 0.717) is 5.57 Å². The van der Waals surface area contributed by atoms with Gasteiger partial charge in [-0.05, 0) is 56.9 Å². The summed E-state index contributed by atoms with van der Waals surface area (Å²) in [7, 11) is 0. The Hall–Kier alpha value is -2.17. The lowest BCUT2D eigenvalue weighted by Gasteiger charge is -2.61. The van der Waals surface area contributed by atoms with Crippen molar-refractivity contribution in [3.63, 3.8) is 0 Å². The SMILES string of the molecule is C[C@@]12C(=CC(=O)C=C1O[N+](=O)[O-])CC[C@H]1[C@@H]3C[C@@H](O)[C@](O)(C(=O)CO)[C@@]3(C)CC[C@@]12F. The van der Waals surface area contributed by atoms with Gasteiger partial charge in [-0.15, -0.1) is 10.1 Å². The summed E-state index contributed by atoms with van der Waals surface area (Å²) in [5, 5.41) is 41.2. The lowest BCUT2D eigenvalue weighted by atomic mass is 9.45. The number of alkyl halides is 1. The van der Waals surface area contributed by atoms with Gasteiger partial charge < -0.3 is 15.3 Å². The summed E-state index contributed by atoms with van der Waals surface area (Å²) < 4.78 is 17.0. The average molecular weight is 439 g/mol. The van der Waals surface area contributed by atoms with Crippen molar-refractivity contribution in [2.75, 3.05) is 6.61 Å². The summed E-state index contributed by atoms with van der Waals surface area (Å²) >= 11 is 0. The summed E-state index contributed by atoms with van der Waals surface area (Å²) in [6, 6.07) is 0. The molecule has 4 aliphatic rings. The molecule has 170 valence electrons. The van der Waals surface area contributed by atoms with Crippen LogP contribution in [-0.4, -0.2) is 56.0 Å². The van der Waals surface area contributed by atoms with E-state index in [9.17, 15) is 35.0 Å². The smallest absolute Gasteiger partial charge is 0.299 e. The minimum absolute atomic E-state index is 0.00648. The van der Waals surface area contributed by atoms with Gasteiger partial charge in [0.05, 0.1) is 11.5 Å². The van der Waals surface area contributed by atoms with Crippen molar-refractivity contribution in [3.8, 4) is 0 Å². The molecule has 3 N–H and O–H groups in total. The minimum atomic E-state index is -2.21. The van der Waals surface area contributed by atoms with Gasteiger partial charge in [0, 0.05) is 11.5 Å². The van der Waals surface area contributed by atoms with E-state index in [0.717, 1.165) is 6.08 Å². The fraction of sp³-hybridized carbons (Fsp3) is 0.714. The largest absolute Gasteiger partial charge is 0.390 e. The van der Waals surface area contributed by atoms with Gasteiger partial charge in [0.15, 0.2) is 17.2 Å². The number of rotatable bonds is 4. The highest BCUT2D eigenvalue weighted by molar-refractivity contribution is 6.01. The van der Waals surface area contributed by atoms with Crippen LogP contribution in [0.25, 0.3) is 0 Å². The number of carbonyl (C=O) groups is 2. The highest BCUT2D eigenvalue weighted by atomic mass is 19.1. The zero-order valence-electron chi connectivity index (χ0n) is 17.3. The van der Waals surface area contributed by atoms with Crippen molar-refractivity contribution in [1.82, 2.24) is 0 Å². The molecule has 0 aromatic heterocycles. The molecule has 4 aliphatic carbocycles. The van der Waals surface area contributed by atoms with E-state index in [1.54, 1.807) is 6.92 Å². The van der Waals surface area contributed by atoms with Crippen LogP contribution in [-0.2, 0) is 14.4 Å². The van der Waals surface area contributed by atoms with Gasteiger partial charge in [0.2, 0.25) is 0 Å². The molecule has 0 aliphatic heterocycles. The number of nitrogens with zero attached hydrogens (tertiary/aromatic N) is 1. The molecule has 9 nitrogen and oxygen atoms in total. The van der Waals surface area contributed by atoms with Crippen molar-refractivity contribution < 1.29 is 39.2 Å². The van der Waals surface area contributed by atoms with Crippen LogP contribution in [0.2, 0.25) is 0 Å². The molecule has 0 aromatic carbocycles. The van der Waals surface area contributed by atoms with Gasteiger partial charge >= 0.3 is 0 Å². The third-order valence-corrected chi connectivity index (χ3v) is 8.75. The monoisotopic (exact) mass is 439 g/mol. The molecule has 4 rings (SSSR count). The van der Waals surface area contributed by atoms with Crippen LogP contribution < -0.4 is 0 Å². The first-order valence-electron chi connectivity index (χ1n) is 10.4. The topological polar surface area (TPSA) is 147 Å². The highest BCUT2D eigenvalue weighted by Gasteiger charge is 2.74. The molecule has 3 fully saturated rings. The van der Waals surface area contributed by atoms with Crippen LogP contribution in [0.5, 0.6) is 0 Å². The normalized spacial score (nSPS) is 46.3. The molecule has 7 atom stereocenters. The Morgan fingerprint density at radius 1 is 1.32 bits per heavy atom. The van der Waals surface area contributed by atoms with Crippen LogP contribution in [0.3, 0.4) is 0 Å². The maximum Gasteiger partial charge on any atom is 0.299 e. The number of hydrogen-bond donors (Lipinski definition) is 3. The summed E-state index contributed by atoms with van der Waals surface area (Å²) in [4.78, 5) is 40.3. The lowest BCUT2D eigenvalue weighted by molar-refractivity contribution is -0.745. The summed E-state index contributed by atoms with van der Waals surface area (Å²) in [6.45, 7) is 2.17. The maximum absolute atomic E-state index is 17.0. The Morgan fingerprint density at radius 2 is 2.00 bits per heavy atom. The Labute approximate surface area is 177 Å². The second-order valence-electron chi connectivity index (χ2n) is 9.65. The Morgan fingerprint density at radius 3 is 2.61 bits per heavy atom. The molecule has 0 amide bonds. The first-order valence-corrected chi connectivity index (χ1v) is 10.4. The predicted molar refractivity (Wildman–Crippen MR) is 102 cm³/mol. The molecule has 0 radical (unpaired) electrons. The number of Topliss-reactive ketones (excluding diaryl/α,β-unsaturated/α-hetero) is 1. The van der Waals surface area contributed by atoms with E-state index in [1.165, 1.54) is 13.0 Å². The number of carbonyl (C=O) groups excluding carboxylic acids is 2. The summed E-state index contributed by atoms with van der Waals surface area (Å²) in [6.07, 6.45) is 1.14. The predicted octanol–water partition coefficient (Wildman–Crippen LogP) is 1.19. The second-order valence-corrected chi connectivity index (χ2v) is 9.65. The van der Waals surface area contributed by atoms with Crippen LogP contribution in [0.15, 0.2) is 23.5 Å². The van der Waals surface area contributed by atoms with Gasteiger partial charge in [0.25, 0.3) is 5.09 Å².